The van der Waals surface area contributed by atoms with Gasteiger partial charge in [0.1, 0.15) is 0 Å². The maximum absolute atomic E-state index is 11.4. The summed E-state index contributed by atoms with van der Waals surface area (Å²) in [6.07, 6.45) is 0. The molecule has 1 aliphatic heterocycles. The molecule has 2 amide bonds. The maximum atomic E-state index is 11.4. The fourth-order valence-corrected chi connectivity index (χ4v) is 1.80. The monoisotopic (exact) mass is 326 g/mol. The van der Waals surface area contributed by atoms with E-state index in [2.05, 4.69) is 31.6 Å². The van der Waals surface area contributed by atoms with Gasteiger partial charge >= 0.3 is 17.9 Å². The van der Waals surface area contributed by atoms with E-state index in [1.165, 1.54) is 0 Å². The van der Waals surface area contributed by atoms with Crippen molar-refractivity contribution in [3.05, 3.63) is 38.9 Å². The molecule has 1 heterocycles. The summed E-state index contributed by atoms with van der Waals surface area (Å²) in [6.45, 7) is 0. The third kappa shape index (κ3) is 2.76. The molecule has 0 saturated carbocycles. The number of carbonyl (C=O) groups is 2. The van der Waals surface area contributed by atoms with Crippen molar-refractivity contribution in [2.24, 2.45) is 4.99 Å². The zero-order chi connectivity index (χ0) is 14.0. The molecule has 1 aromatic rings. The van der Waals surface area contributed by atoms with Crippen molar-refractivity contribution in [2.45, 2.75) is 6.04 Å². The van der Waals surface area contributed by atoms with E-state index in [4.69, 9.17) is 0 Å². The van der Waals surface area contributed by atoms with E-state index in [0.29, 0.717) is 10.2 Å². The topological polar surface area (TPSA) is 114 Å². The fraction of sp³-hybridized carbons (Fsp3) is 0.100. The Morgan fingerprint density at radius 2 is 1.79 bits per heavy atom. The Hall–Kier alpha value is -2.29. The first-order valence-corrected chi connectivity index (χ1v) is 5.87. The lowest BCUT2D eigenvalue weighted by Crippen LogP contribution is -2.61. The summed E-state index contributed by atoms with van der Waals surface area (Å²) in [7, 11) is 0. The standard InChI is InChI=1S/C10H7BrN4O4/c11-5-3-1-2-4-6(5)12-10-13-8(16)7(15(18)19)9(17)14-10/h1-4,7H,(H2,12,13,14,16,17). The molecule has 0 unspecified atom stereocenters. The number of rotatable bonds is 2. The van der Waals surface area contributed by atoms with Gasteiger partial charge in [0.2, 0.25) is 5.96 Å². The number of nitrogens with one attached hydrogen (secondary N) is 2. The molecule has 0 bridgehead atoms. The Kier molecular flexibility index (Phi) is 3.56. The summed E-state index contributed by atoms with van der Waals surface area (Å²) in [5, 5.41) is 14.9. The van der Waals surface area contributed by atoms with E-state index in [9.17, 15) is 19.7 Å². The van der Waals surface area contributed by atoms with Crippen LogP contribution in [0, 0.1) is 10.1 Å². The van der Waals surface area contributed by atoms with E-state index in [1.807, 2.05) is 0 Å². The van der Waals surface area contributed by atoms with E-state index < -0.39 is 22.8 Å². The summed E-state index contributed by atoms with van der Waals surface area (Å²) >= 11 is 3.25. The molecule has 98 valence electrons. The van der Waals surface area contributed by atoms with Crippen molar-refractivity contribution in [1.82, 2.24) is 10.6 Å². The molecule has 9 heteroatoms. The molecule has 1 fully saturated rings. The number of guanidine groups is 1. The van der Waals surface area contributed by atoms with Crippen LogP contribution in [0.2, 0.25) is 0 Å². The van der Waals surface area contributed by atoms with Crippen molar-refractivity contribution in [3.8, 4) is 0 Å². The highest BCUT2D eigenvalue weighted by molar-refractivity contribution is 9.10. The van der Waals surface area contributed by atoms with Crippen molar-refractivity contribution >= 4 is 39.4 Å². The second kappa shape index (κ2) is 5.14. The van der Waals surface area contributed by atoms with Gasteiger partial charge in [-0.1, -0.05) is 12.1 Å². The Bertz CT molecular complexity index is 581. The normalized spacial score (nSPS) is 18.6. The molecule has 8 nitrogen and oxygen atoms in total. The summed E-state index contributed by atoms with van der Waals surface area (Å²) in [6, 6.07) is 4.92. The molecule has 0 aromatic heterocycles. The van der Waals surface area contributed by atoms with Crippen molar-refractivity contribution in [1.29, 1.82) is 0 Å². The van der Waals surface area contributed by atoms with Crippen molar-refractivity contribution < 1.29 is 14.5 Å². The molecule has 1 saturated heterocycles. The van der Waals surface area contributed by atoms with E-state index in [-0.39, 0.29) is 5.96 Å². The molecular formula is C10H7BrN4O4. The first kappa shape index (κ1) is 13.1. The lowest BCUT2D eigenvalue weighted by molar-refractivity contribution is -0.494. The second-order valence-corrected chi connectivity index (χ2v) is 4.43. The van der Waals surface area contributed by atoms with Gasteiger partial charge in [0.15, 0.2) is 0 Å². The number of nitrogens with zero attached hydrogens (tertiary/aromatic N) is 2. The van der Waals surface area contributed by atoms with E-state index >= 15 is 0 Å². The number of benzene rings is 1. The summed E-state index contributed by atoms with van der Waals surface area (Å²) in [5.41, 5.74) is 0.470. The van der Waals surface area contributed by atoms with Crippen LogP contribution in [0.4, 0.5) is 5.69 Å². The maximum Gasteiger partial charge on any atom is 0.366 e. The molecule has 2 N–H and O–H groups in total. The van der Waals surface area contributed by atoms with Crippen LogP contribution in [0.5, 0.6) is 0 Å². The van der Waals surface area contributed by atoms with Crippen LogP contribution in [-0.2, 0) is 9.59 Å². The predicted octanol–water partition coefficient (Wildman–Crippen LogP) is 0.328. The molecule has 2 rings (SSSR count). The molecule has 19 heavy (non-hydrogen) atoms. The fourth-order valence-electron chi connectivity index (χ4n) is 1.43. The predicted molar refractivity (Wildman–Crippen MR) is 68.3 cm³/mol. The Morgan fingerprint density at radius 1 is 1.21 bits per heavy atom. The van der Waals surface area contributed by atoms with Gasteiger partial charge in [-0.05, 0) is 28.1 Å². The molecule has 1 aliphatic rings. The van der Waals surface area contributed by atoms with Crippen LogP contribution in [0.3, 0.4) is 0 Å². The highest BCUT2D eigenvalue weighted by Gasteiger charge is 2.43. The second-order valence-electron chi connectivity index (χ2n) is 3.58. The third-order valence-electron chi connectivity index (χ3n) is 2.28. The van der Waals surface area contributed by atoms with Crippen LogP contribution in [0.1, 0.15) is 0 Å². The quantitative estimate of drug-likeness (QED) is 0.463. The number of amides is 2. The molecule has 0 atom stereocenters. The number of carbonyl (C=O) groups excluding carboxylic acids is 2. The Balaban J connectivity index is 2.26. The highest BCUT2D eigenvalue weighted by atomic mass is 79.9. The lowest BCUT2D eigenvalue weighted by atomic mass is 10.2. The molecule has 0 aliphatic carbocycles. The molecule has 0 spiro atoms. The van der Waals surface area contributed by atoms with Crippen LogP contribution in [-0.4, -0.2) is 28.7 Å². The smallest absolute Gasteiger partial charge is 0.290 e. The van der Waals surface area contributed by atoms with Crippen LogP contribution in [0.15, 0.2) is 33.7 Å². The van der Waals surface area contributed by atoms with Gasteiger partial charge in [-0.2, -0.15) is 0 Å². The summed E-state index contributed by atoms with van der Waals surface area (Å²) in [5.74, 6) is -2.17. The van der Waals surface area contributed by atoms with E-state index in [1.54, 1.807) is 24.3 Å². The largest absolute Gasteiger partial charge is 0.366 e. The van der Waals surface area contributed by atoms with Crippen LogP contribution < -0.4 is 10.6 Å². The Labute approximate surface area is 115 Å². The number of para-hydroxylation sites is 1. The van der Waals surface area contributed by atoms with Crippen molar-refractivity contribution in [2.75, 3.05) is 0 Å². The summed E-state index contributed by atoms with van der Waals surface area (Å²) in [4.78, 5) is 36.4. The average molecular weight is 327 g/mol. The van der Waals surface area contributed by atoms with Gasteiger partial charge in [-0.25, -0.2) is 4.99 Å². The van der Waals surface area contributed by atoms with Gasteiger partial charge < -0.3 is 0 Å². The Morgan fingerprint density at radius 3 is 2.32 bits per heavy atom. The molecule has 1 aromatic carbocycles. The number of aliphatic imine (C=N–C) groups is 1. The number of hydrogen-bond donors (Lipinski definition) is 2. The van der Waals surface area contributed by atoms with Gasteiger partial charge in [0.05, 0.1) is 5.69 Å². The number of hydrogen-bond acceptors (Lipinski definition) is 5. The van der Waals surface area contributed by atoms with Gasteiger partial charge in [-0.3, -0.25) is 30.3 Å². The highest BCUT2D eigenvalue weighted by Crippen LogP contribution is 2.24. The summed E-state index contributed by atoms with van der Waals surface area (Å²) < 4.78 is 0.655. The van der Waals surface area contributed by atoms with Crippen molar-refractivity contribution in [3.63, 3.8) is 0 Å². The van der Waals surface area contributed by atoms with Crippen LogP contribution >= 0.6 is 15.9 Å². The molecular weight excluding hydrogens is 320 g/mol. The van der Waals surface area contributed by atoms with Crippen LogP contribution in [0.25, 0.3) is 0 Å². The number of nitro groups is 1. The zero-order valence-corrected chi connectivity index (χ0v) is 10.9. The molecule has 0 radical (unpaired) electrons. The average Bonchev–Trinajstić information content (AvgIpc) is 2.30. The minimum Gasteiger partial charge on any atom is -0.290 e. The third-order valence-corrected chi connectivity index (χ3v) is 2.95. The minimum atomic E-state index is -1.95. The van der Waals surface area contributed by atoms with Gasteiger partial charge in [0.25, 0.3) is 0 Å². The van der Waals surface area contributed by atoms with Gasteiger partial charge in [0, 0.05) is 9.40 Å². The SMILES string of the molecule is O=C1NC(=Nc2ccccc2Br)NC(=O)C1[N+](=O)[O-]. The van der Waals surface area contributed by atoms with Gasteiger partial charge in [-0.15, -0.1) is 0 Å². The number of halogens is 1. The lowest BCUT2D eigenvalue weighted by Gasteiger charge is -2.17. The zero-order valence-electron chi connectivity index (χ0n) is 9.29. The first-order valence-electron chi connectivity index (χ1n) is 5.07. The first-order chi connectivity index (χ1) is 8.99. The minimum absolute atomic E-state index is 0.139. The van der Waals surface area contributed by atoms with E-state index in [0.717, 1.165) is 0 Å².